The number of ether oxygens (including phenoxy) is 3. The molecule has 0 amide bonds. The summed E-state index contributed by atoms with van der Waals surface area (Å²) in [5.74, 6) is 1.20. The average Bonchev–Trinajstić information content (AvgIpc) is 2.80. The van der Waals surface area contributed by atoms with Crippen LogP contribution in [0.1, 0.15) is 11.1 Å². The van der Waals surface area contributed by atoms with Crippen molar-refractivity contribution in [1.82, 2.24) is 10.6 Å². The molecule has 1 fully saturated rings. The zero-order chi connectivity index (χ0) is 22.1. The topological polar surface area (TPSA) is 67.4 Å². The predicted octanol–water partition coefficient (Wildman–Crippen LogP) is 3.00. The Morgan fingerprint density at radius 3 is 2.45 bits per heavy atom. The van der Waals surface area contributed by atoms with Crippen molar-refractivity contribution < 1.29 is 23.0 Å². The van der Waals surface area contributed by atoms with Crippen LogP contribution < -0.4 is 25.0 Å². The van der Waals surface area contributed by atoms with E-state index in [2.05, 4.69) is 49.5 Å². The fourth-order valence-corrected chi connectivity index (χ4v) is 3.26. The van der Waals surface area contributed by atoms with Crippen LogP contribution in [0.2, 0.25) is 0 Å². The van der Waals surface area contributed by atoms with Crippen molar-refractivity contribution >= 4 is 11.6 Å². The van der Waals surface area contributed by atoms with Crippen LogP contribution in [0.5, 0.6) is 11.5 Å². The Hall–Kier alpha value is -3.07. The number of methoxy groups -OCH3 is 1. The maximum Gasteiger partial charge on any atom is 0.387 e. The third-order valence-corrected chi connectivity index (χ3v) is 4.93. The summed E-state index contributed by atoms with van der Waals surface area (Å²) in [4.78, 5) is 6.49. The fourth-order valence-electron chi connectivity index (χ4n) is 3.26. The number of aliphatic imine (C=N–C) groups is 1. The highest BCUT2D eigenvalue weighted by Gasteiger charge is 2.12. The van der Waals surface area contributed by atoms with Crippen molar-refractivity contribution in [2.24, 2.45) is 4.99 Å². The Kier molecular flexibility index (Phi) is 8.28. The van der Waals surface area contributed by atoms with Gasteiger partial charge in [-0.3, -0.25) is 4.99 Å². The zero-order valence-electron chi connectivity index (χ0n) is 17.7. The van der Waals surface area contributed by atoms with E-state index in [4.69, 9.17) is 9.47 Å². The fraction of sp³-hybridized carbons (Fsp3) is 0.409. The molecule has 0 radical (unpaired) electrons. The molecule has 1 heterocycles. The van der Waals surface area contributed by atoms with E-state index < -0.39 is 6.61 Å². The maximum atomic E-state index is 12.7. The Bertz CT molecular complexity index is 856. The number of benzene rings is 2. The molecule has 2 aromatic carbocycles. The first-order valence-corrected chi connectivity index (χ1v) is 10.1. The summed E-state index contributed by atoms with van der Waals surface area (Å²) in [5.41, 5.74) is 2.82. The second kappa shape index (κ2) is 11.4. The lowest BCUT2D eigenvalue weighted by molar-refractivity contribution is -0.0505. The van der Waals surface area contributed by atoms with E-state index in [-0.39, 0.29) is 12.3 Å². The summed E-state index contributed by atoms with van der Waals surface area (Å²) < 4.78 is 40.5. The molecule has 168 valence electrons. The molecule has 1 saturated heterocycles. The molecule has 3 rings (SSSR count). The third-order valence-electron chi connectivity index (χ3n) is 4.93. The second-order valence-electron chi connectivity index (χ2n) is 6.90. The lowest BCUT2D eigenvalue weighted by Crippen LogP contribution is -2.37. The molecule has 9 heteroatoms. The van der Waals surface area contributed by atoms with Crippen molar-refractivity contribution in [1.29, 1.82) is 0 Å². The SMILES string of the molecule is CN=C(NCc1ccc(N2CCOCC2)cc1)NCc1cc(OC)ccc1OC(F)F. The number of hydrogen-bond donors (Lipinski definition) is 2. The monoisotopic (exact) mass is 434 g/mol. The molecule has 0 saturated carbocycles. The minimum absolute atomic E-state index is 0.0949. The highest BCUT2D eigenvalue weighted by atomic mass is 19.3. The number of rotatable bonds is 8. The Morgan fingerprint density at radius 1 is 1.10 bits per heavy atom. The normalized spacial score (nSPS) is 14.5. The molecule has 7 nitrogen and oxygen atoms in total. The molecule has 0 aliphatic carbocycles. The van der Waals surface area contributed by atoms with Crippen LogP contribution in [0, 0.1) is 0 Å². The standard InChI is InChI=1S/C22H28F2N4O3/c1-25-22(27-15-17-13-19(29-2)7-8-20(17)31-21(23)24)26-14-16-3-5-18(6-4-16)28-9-11-30-12-10-28/h3-8,13,21H,9-12,14-15H2,1-2H3,(H2,25,26,27). The molecule has 2 N–H and O–H groups in total. The van der Waals surface area contributed by atoms with Gasteiger partial charge >= 0.3 is 6.61 Å². The number of halogens is 2. The maximum absolute atomic E-state index is 12.7. The number of nitrogens with zero attached hydrogens (tertiary/aromatic N) is 2. The summed E-state index contributed by atoms with van der Waals surface area (Å²) >= 11 is 0. The minimum Gasteiger partial charge on any atom is -0.497 e. The Morgan fingerprint density at radius 2 is 1.81 bits per heavy atom. The van der Waals surface area contributed by atoms with E-state index in [0.29, 0.717) is 23.8 Å². The molecular weight excluding hydrogens is 406 g/mol. The van der Waals surface area contributed by atoms with Crippen molar-refractivity contribution in [3.05, 3.63) is 53.6 Å². The van der Waals surface area contributed by atoms with E-state index in [9.17, 15) is 8.78 Å². The number of alkyl halides is 2. The minimum atomic E-state index is -2.90. The summed E-state index contributed by atoms with van der Waals surface area (Å²) in [5, 5.41) is 6.35. The van der Waals surface area contributed by atoms with Gasteiger partial charge in [0.2, 0.25) is 0 Å². The van der Waals surface area contributed by atoms with Crippen LogP contribution in [-0.4, -0.2) is 53.0 Å². The predicted molar refractivity (Wildman–Crippen MR) is 116 cm³/mol. The summed E-state index contributed by atoms with van der Waals surface area (Å²) in [6.07, 6.45) is 0. The van der Waals surface area contributed by atoms with Crippen molar-refractivity contribution in [2.75, 3.05) is 45.4 Å². The van der Waals surface area contributed by atoms with Gasteiger partial charge in [0.15, 0.2) is 5.96 Å². The van der Waals surface area contributed by atoms with Gasteiger partial charge in [-0.1, -0.05) is 12.1 Å². The van der Waals surface area contributed by atoms with Crippen LogP contribution in [0.15, 0.2) is 47.5 Å². The lowest BCUT2D eigenvalue weighted by atomic mass is 10.2. The number of hydrogen-bond acceptors (Lipinski definition) is 5. The van der Waals surface area contributed by atoms with E-state index in [0.717, 1.165) is 31.9 Å². The van der Waals surface area contributed by atoms with Crippen molar-refractivity contribution in [2.45, 2.75) is 19.7 Å². The van der Waals surface area contributed by atoms with Crippen LogP contribution in [-0.2, 0) is 17.8 Å². The van der Waals surface area contributed by atoms with Gasteiger partial charge in [-0.25, -0.2) is 0 Å². The van der Waals surface area contributed by atoms with Crippen LogP contribution in [0.3, 0.4) is 0 Å². The smallest absolute Gasteiger partial charge is 0.387 e. The van der Waals surface area contributed by atoms with Gasteiger partial charge in [-0.15, -0.1) is 0 Å². The highest BCUT2D eigenvalue weighted by Crippen LogP contribution is 2.25. The first-order valence-electron chi connectivity index (χ1n) is 10.1. The van der Waals surface area contributed by atoms with Gasteiger partial charge < -0.3 is 29.7 Å². The van der Waals surface area contributed by atoms with E-state index in [1.165, 1.54) is 18.9 Å². The Labute approximate surface area is 181 Å². The molecule has 0 unspecified atom stereocenters. The van der Waals surface area contributed by atoms with Crippen molar-refractivity contribution in [3.63, 3.8) is 0 Å². The third kappa shape index (κ3) is 6.71. The summed E-state index contributed by atoms with van der Waals surface area (Å²) in [7, 11) is 3.17. The number of nitrogens with one attached hydrogen (secondary N) is 2. The van der Waals surface area contributed by atoms with Crippen molar-refractivity contribution in [3.8, 4) is 11.5 Å². The molecule has 31 heavy (non-hydrogen) atoms. The van der Waals surface area contributed by atoms with Gasteiger partial charge in [0, 0.05) is 44.5 Å². The van der Waals surface area contributed by atoms with Gasteiger partial charge in [-0.2, -0.15) is 8.78 Å². The van der Waals surface area contributed by atoms with E-state index in [1.54, 1.807) is 19.2 Å². The number of guanidine groups is 1. The van der Waals surface area contributed by atoms with Gasteiger partial charge in [0.25, 0.3) is 0 Å². The molecule has 0 aromatic heterocycles. The molecular formula is C22H28F2N4O3. The van der Waals surface area contributed by atoms with Gasteiger partial charge in [0.05, 0.1) is 20.3 Å². The average molecular weight is 434 g/mol. The first kappa shape index (κ1) is 22.6. The zero-order valence-corrected chi connectivity index (χ0v) is 17.7. The largest absolute Gasteiger partial charge is 0.497 e. The number of anilines is 1. The number of morpholine rings is 1. The summed E-state index contributed by atoms with van der Waals surface area (Å²) in [6.45, 7) is 1.22. The highest BCUT2D eigenvalue weighted by molar-refractivity contribution is 5.79. The summed E-state index contributed by atoms with van der Waals surface area (Å²) in [6, 6.07) is 13.0. The van der Waals surface area contributed by atoms with Crippen LogP contribution in [0.25, 0.3) is 0 Å². The Balaban J connectivity index is 1.55. The second-order valence-corrected chi connectivity index (χ2v) is 6.90. The lowest BCUT2D eigenvalue weighted by Gasteiger charge is -2.28. The molecule has 2 aromatic rings. The van der Waals surface area contributed by atoms with E-state index in [1.807, 2.05) is 0 Å². The quantitative estimate of drug-likeness (QED) is 0.492. The molecule has 0 bridgehead atoms. The molecule has 1 aliphatic rings. The molecule has 0 spiro atoms. The first-order chi connectivity index (χ1) is 15.1. The van der Waals surface area contributed by atoms with Crippen LogP contribution >= 0.6 is 0 Å². The molecule has 0 atom stereocenters. The van der Waals surface area contributed by atoms with Crippen LogP contribution in [0.4, 0.5) is 14.5 Å². The molecule has 1 aliphatic heterocycles. The van der Waals surface area contributed by atoms with Gasteiger partial charge in [-0.05, 0) is 35.9 Å². The van der Waals surface area contributed by atoms with Gasteiger partial charge in [0.1, 0.15) is 11.5 Å². The van der Waals surface area contributed by atoms with E-state index >= 15 is 0 Å².